The molecule has 10 nitrogen and oxygen atoms in total. The summed E-state index contributed by atoms with van der Waals surface area (Å²) in [6, 6.07) is 14.8. The lowest BCUT2D eigenvalue weighted by Crippen LogP contribution is -2.18. The van der Waals surface area contributed by atoms with Crippen LogP contribution in [-0.2, 0) is 9.53 Å². The highest BCUT2D eigenvalue weighted by molar-refractivity contribution is 5.99. The van der Waals surface area contributed by atoms with Gasteiger partial charge >= 0.3 is 0 Å². The summed E-state index contributed by atoms with van der Waals surface area (Å²) in [6.45, 7) is 4.18. The molecule has 0 bridgehead atoms. The number of ether oxygens (including phenoxy) is 2. The number of benzene rings is 2. The molecule has 1 aliphatic heterocycles. The van der Waals surface area contributed by atoms with Crippen LogP contribution < -0.4 is 20.7 Å². The predicted octanol–water partition coefficient (Wildman–Crippen LogP) is 5.23. The number of carbonyl (C=O) groups is 1. The summed E-state index contributed by atoms with van der Waals surface area (Å²) >= 11 is 0. The highest BCUT2D eigenvalue weighted by atomic mass is 16.5. The molecule has 0 aliphatic carbocycles. The van der Waals surface area contributed by atoms with Crippen molar-refractivity contribution in [2.75, 3.05) is 29.6 Å². The Balaban J connectivity index is 1.52. The van der Waals surface area contributed by atoms with Crippen LogP contribution >= 0.6 is 0 Å². The molecule has 1 amide bonds. The Morgan fingerprint density at radius 1 is 1.14 bits per heavy atom. The van der Waals surface area contributed by atoms with E-state index in [1.165, 1.54) is 6.08 Å². The van der Waals surface area contributed by atoms with Crippen LogP contribution in [0.5, 0.6) is 11.6 Å². The monoisotopic (exact) mass is 485 g/mol. The SMILES string of the molecule is C=CC(=O)Nc1cccc(Oc2nc(Nc3ccc(NC)cc3)nc3c2ncn3C2CCCCO2)c1. The first-order valence-electron chi connectivity index (χ1n) is 11.8. The summed E-state index contributed by atoms with van der Waals surface area (Å²) in [5, 5.41) is 9.09. The second kappa shape index (κ2) is 10.4. The molecule has 2 aromatic carbocycles. The standard InChI is InChI=1S/C26H27N7O3/c1-3-21(34)29-19-7-6-8-20(15-19)36-25-23-24(33(16-28-23)22-9-4-5-14-35-22)31-26(32-25)30-18-12-10-17(27-2)11-13-18/h3,6-8,10-13,15-16,22,27H,1,4-5,9,14H2,2H3,(H,29,34)(H,30,31,32). The normalized spacial score (nSPS) is 15.3. The fourth-order valence-corrected chi connectivity index (χ4v) is 3.96. The lowest BCUT2D eigenvalue weighted by molar-refractivity contribution is -0.111. The molecule has 0 spiro atoms. The van der Waals surface area contributed by atoms with Crippen molar-refractivity contribution in [2.45, 2.75) is 25.5 Å². The van der Waals surface area contributed by atoms with Gasteiger partial charge in [-0.05, 0) is 61.7 Å². The number of imidazole rings is 1. The van der Waals surface area contributed by atoms with Crippen LogP contribution in [0.2, 0.25) is 0 Å². The van der Waals surface area contributed by atoms with Gasteiger partial charge in [0.05, 0.1) is 6.33 Å². The van der Waals surface area contributed by atoms with Gasteiger partial charge < -0.3 is 25.4 Å². The van der Waals surface area contributed by atoms with E-state index in [4.69, 9.17) is 14.5 Å². The van der Waals surface area contributed by atoms with E-state index in [-0.39, 0.29) is 18.0 Å². The first kappa shape index (κ1) is 23.3. The molecule has 1 unspecified atom stereocenters. The van der Waals surface area contributed by atoms with Crippen molar-refractivity contribution < 1.29 is 14.3 Å². The van der Waals surface area contributed by atoms with E-state index in [0.717, 1.165) is 30.6 Å². The zero-order valence-corrected chi connectivity index (χ0v) is 19.9. The van der Waals surface area contributed by atoms with Gasteiger partial charge in [0.1, 0.15) is 12.0 Å². The number of carbonyl (C=O) groups excluding carboxylic acids is 1. The molecule has 184 valence electrons. The second-order valence-corrected chi connectivity index (χ2v) is 8.27. The van der Waals surface area contributed by atoms with Crippen molar-refractivity contribution in [3.63, 3.8) is 0 Å². The van der Waals surface area contributed by atoms with Crippen molar-refractivity contribution in [3.05, 3.63) is 67.5 Å². The number of hydrogen-bond acceptors (Lipinski definition) is 8. The number of nitrogens with zero attached hydrogens (tertiary/aromatic N) is 4. The van der Waals surface area contributed by atoms with E-state index in [9.17, 15) is 4.79 Å². The number of aromatic nitrogens is 4. The molecule has 3 N–H and O–H groups in total. The van der Waals surface area contributed by atoms with E-state index >= 15 is 0 Å². The summed E-state index contributed by atoms with van der Waals surface area (Å²) < 4.78 is 14.1. The lowest BCUT2D eigenvalue weighted by Gasteiger charge is -2.23. The fourth-order valence-electron chi connectivity index (χ4n) is 3.96. The minimum absolute atomic E-state index is 0.147. The molecule has 4 aromatic rings. The fraction of sp³-hybridized carbons (Fsp3) is 0.231. The maximum Gasteiger partial charge on any atom is 0.252 e. The average Bonchev–Trinajstić information content (AvgIpc) is 3.34. The van der Waals surface area contributed by atoms with Crippen molar-refractivity contribution >= 4 is 40.1 Å². The summed E-state index contributed by atoms with van der Waals surface area (Å²) in [6.07, 6.45) is 5.78. The van der Waals surface area contributed by atoms with Gasteiger partial charge in [-0.25, -0.2) is 4.98 Å². The number of fused-ring (bicyclic) bond motifs is 1. The van der Waals surface area contributed by atoms with Crippen molar-refractivity contribution in [3.8, 4) is 11.6 Å². The predicted molar refractivity (Wildman–Crippen MR) is 139 cm³/mol. The Morgan fingerprint density at radius 3 is 2.72 bits per heavy atom. The number of nitrogens with one attached hydrogen (secondary N) is 3. The molecule has 5 rings (SSSR count). The van der Waals surface area contributed by atoms with Crippen molar-refractivity contribution in [2.24, 2.45) is 0 Å². The first-order chi connectivity index (χ1) is 17.6. The van der Waals surface area contributed by atoms with E-state index < -0.39 is 0 Å². The molecule has 3 heterocycles. The molecule has 2 aromatic heterocycles. The molecule has 0 saturated carbocycles. The zero-order valence-electron chi connectivity index (χ0n) is 19.9. The van der Waals surface area contributed by atoms with Crippen LogP contribution in [0, 0.1) is 0 Å². The molecule has 0 radical (unpaired) electrons. The maximum atomic E-state index is 11.7. The van der Waals surface area contributed by atoms with E-state index in [0.29, 0.717) is 35.2 Å². The maximum absolute atomic E-state index is 11.7. The number of hydrogen-bond donors (Lipinski definition) is 3. The van der Waals surface area contributed by atoms with Gasteiger partial charge in [0.15, 0.2) is 11.2 Å². The van der Waals surface area contributed by atoms with Gasteiger partial charge in [0, 0.05) is 36.8 Å². The van der Waals surface area contributed by atoms with Crippen LogP contribution in [0.3, 0.4) is 0 Å². The minimum atomic E-state index is -0.307. The van der Waals surface area contributed by atoms with Crippen LogP contribution in [0.4, 0.5) is 23.0 Å². The van der Waals surface area contributed by atoms with Gasteiger partial charge in [-0.1, -0.05) is 12.6 Å². The Kier molecular flexibility index (Phi) is 6.76. The van der Waals surface area contributed by atoms with Crippen LogP contribution in [-0.4, -0.2) is 39.1 Å². The molecular weight excluding hydrogens is 458 g/mol. The second-order valence-electron chi connectivity index (χ2n) is 8.27. The topological polar surface area (TPSA) is 115 Å². The van der Waals surface area contributed by atoms with Crippen molar-refractivity contribution in [1.82, 2.24) is 19.5 Å². The van der Waals surface area contributed by atoms with Crippen LogP contribution in [0.25, 0.3) is 11.2 Å². The van der Waals surface area contributed by atoms with Gasteiger partial charge in [-0.15, -0.1) is 0 Å². The van der Waals surface area contributed by atoms with E-state index in [1.54, 1.807) is 30.6 Å². The third-order valence-corrected chi connectivity index (χ3v) is 5.79. The van der Waals surface area contributed by atoms with Gasteiger partial charge in [-0.2, -0.15) is 9.97 Å². The average molecular weight is 486 g/mol. The first-order valence-corrected chi connectivity index (χ1v) is 11.8. The number of rotatable bonds is 8. The summed E-state index contributed by atoms with van der Waals surface area (Å²) in [7, 11) is 1.87. The Hall–Kier alpha value is -4.44. The Morgan fingerprint density at radius 2 is 1.97 bits per heavy atom. The highest BCUT2D eigenvalue weighted by Gasteiger charge is 2.22. The molecule has 36 heavy (non-hydrogen) atoms. The number of anilines is 4. The summed E-state index contributed by atoms with van der Waals surface area (Å²) in [4.78, 5) is 25.6. The van der Waals surface area contributed by atoms with Crippen molar-refractivity contribution in [1.29, 1.82) is 0 Å². The quantitative estimate of drug-likeness (QED) is 0.291. The molecule has 10 heteroatoms. The third kappa shape index (κ3) is 5.13. The van der Waals surface area contributed by atoms with Crippen LogP contribution in [0.15, 0.2) is 67.5 Å². The smallest absolute Gasteiger partial charge is 0.252 e. The highest BCUT2D eigenvalue weighted by Crippen LogP contribution is 2.33. The lowest BCUT2D eigenvalue weighted by atomic mass is 10.2. The molecule has 1 atom stereocenters. The van der Waals surface area contributed by atoms with E-state index in [1.807, 2.05) is 35.9 Å². The molecule has 1 aliphatic rings. The molecule has 1 saturated heterocycles. The van der Waals surface area contributed by atoms with Gasteiger partial charge in [0.2, 0.25) is 11.9 Å². The Labute approximate surface area is 208 Å². The molecule has 1 fully saturated rings. The summed E-state index contributed by atoms with van der Waals surface area (Å²) in [5.41, 5.74) is 3.52. The molecular formula is C26H27N7O3. The third-order valence-electron chi connectivity index (χ3n) is 5.79. The largest absolute Gasteiger partial charge is 0.437 e. The Bertz CT molecular complexity index is 1380. The zero-order chi connectivity index (χ0) is 24.9. The van der Waals surface area contributed by atoms with Crippen LogP contribution in [0.1, 0.15) is 25.5 Å². The minimum Gasteiger partial charge on any atom is -0.437 e. The van der Waals surface area contributed by atoms with Gasteiger partial charge in [-0.3, -0.25) is 9.36 Å². The number of amides is 1. The van der Waals surface area contributed by atoms with Gasteiger partial charge in [0.25, 0.3) is 5.88 Å². The summed E-state index contributed by atoms with van der Waals surface area (Å²) in [5.74, 6) is 0.836. The van der Waals surface area contributed by atoms with E-state index in [2.05, 4.69) is 32.5 Å².